The molecule has 2 N–H and O–H groups in total. The van der Waals surface area contributed by atoms with Gasteiger partial charge in [0.1, 0.15) is 0 Å². The van der Waals surface area contributed by atoms with E-state index in [4.69, 9.17) is 0 Å². The van der Waals surface area contributed by atoms with E-state index in [-0.39, 0.29) is 18.4 Å². The van der Waals surface area contributed by atoms with Gasteiger partial charge in [0, 0.05) is 44.5 Å². The van der Waals surface area contributed by atoms with Crippen molar-refractivity contribution in [3.8, 4) is 0 Å². The summed E-state index contributed by atoms with van der Waals surface area (Å²) in [5.41, 5.74) is 1.45. The zero-order valence-corrected chi connectivity index (χ0v) is 12.5. The van der Waals surface area contributed by atoms with Gasteiger partial charge in [-0.15, -0.1) is 0 Å². The number of nitrogens with zero attached hydrogens (tertiary/aromatic N) is 2. The van der Waals surface area contributed by atoms with Crippen LogP contribution in [-0.4, -0.2) is 60.7 Å². The summed E-state index contributed by atoms with van der Waals surface area (Å²) in [6.45, 7) is 3.91. The van der Waals surface area contributed by atoms with Crippen LogP contribution < -0.4 is 10.6 Å². The molecule has 118 valence electrons. The topological polar surface area (TPSA) is 81.8 Å². The molecule has 0 atom stereocenters. The van der Waals surface area contributed by atoms with E-state index in [0.29, 0.717) is 31.9 Å². The van der Waals surface area contributed by atoms with Crippen LogP contribution in [0.1, 0.15) is 6.92 Å². The van der Waals surface area contributed by atoms with E-state index in [0.717, 1.165) is 12.1 Å². The van der Waals surface area contributed by atoms with Crippen LogP contribution in [0.2, 0.25) is 0 Å². The van der Waals surface area contributed by atoms with Crippen LogP contribution in [0.5, 0.6) is 0 Å². The number of amides is 3. The number of benzene rings is 1. The van der Waals surface area contributed by atoms with Crippen LogP contribution in [0, 0.1) is 0 Å². The fraction of sp³-hybridized carbons (Fsp3) is 0.400. The van der Waals surface area contributed by atoms with Crippen molar-refractivity contribution in [3.63, 3.8) is 0 Å². The zero-order valence-electron chi connectivity index (χ0n) is 12.5. The number of hydrogen-bond acceptors (Lipinski definition) is 4. The number of hydrogen-bond donors (Lipinski definition) is 2. The van der Waals surface area contributed by atoms with E-state index in [1.54, 1.807) is 28.0 Å². The van der Waals surface area contributed by atoms with E-state index >= 15 is 0 Å². The maximum absolute atomic E-state index is 12.1. The molecule has 7 heteroatoms. The first-order valence-electron chi connectivity index (χ1n) is 7.17. The molecule has 7 nitrogen and oxygen atoms in total. The molecule has 0 saturated carbocycles. The summed E-state index contributed by atoms with van der Waals surface area (Å²) in [6, 6.07) is 7.20. The van der Waals surface area contributed by atoms with Crippen molar-refractivity contribution >= 4 is 29.6 Å². The van der Waals surface area contributed by atoms with Crippen LogP contribution in [0.15, 0.2) is 24.3 Å². The Morgan fingerprint density at radius 1 is 1.18 bits per heavy atom. The molecule has 0 bridgehead atoms. The lowest BCUT2D eigenvalue weighted by Crippen LogP contribution is -2.49. The molecule has 22 heavy (non-hydrogen) atoms. The summed E-state index contributed by atoms with van der Waals surface area (Å²) in [5.74, 6) is -0.142. The van der Waals surface area contributed by atoms with Crippen molar-refractivity contribution in [3.05, 3.63) is 24.3 Å². The Kier molecular flexibility index (Phi) is 5.35. The number of nitrogens with one attached hydrogen (secondary N) is 2. The van der Waals surface area contributed by atoms with Crippen LogP contribution in [0.25, 0.3) is 0 Å². The predicted molar refractivity (Wildman–Crippen MR) is 83.5 cm³/mol. The molecule has 1 aromatic rings. The summed E-state index contributed by atoms with van der Waals surface area (Å²) in [7, 11) is 0. The molecule has 0 aromatic heterocycles. The molecular formula is C15H20N4O3. The van der Waals surface area contributed by atoms with Gasteiger partial charge in [-0.2, -0.15) is 0 Å². The summed E-state index contributed by atoms with van der Waals surface area (Å²) in [6.07, 6.45) is 0.813. The van der Waals surface area contributed by atoms with Crippen molar-refractivity contribution < 1.29 is 14.4 Å². The fourth-order valence-electron chi connectivity index (χ4n) is 2.28. The first-order valence-corrected chi connectivity index (χ1v) is 7.17. The lowest BCUT2D eigenvalue weighted by Gasteiger charge is -2.32. The van der Waals surface area contributed by atoms with Crippen LogP contribution >= 0.6 is 0 Å². The summed E-state index contributed by atoms with van der Waals surface area (Å²) in [5, 5.41) is 5.75. The smallest absolute Gasteiger partial charge is 0.241 e. The molecule has 1 aromatic carbocycles. The molecule has 1 heterocycles. The van der Waals surface area contributed by atoms with Gasteiger partial charge in [-0.25, -0.2) is 0 Å². The molecule has 1 saturated heterocycles. The second-order valence-corrected chi connectivity index (χ2v) is 5.14. The Balaban J connectivity index is 1.83. The maximum atomic E-state index is 12.1. The minimum absolute atomic E-state index is 0.00419. The van der Waals surface area contributed by atoms with E-state index in [1.165, 1.54) is 6.92 Å². The van der Waals surface area contributed by atoms with Crippen molar-refractivity contribution in [2.45, 2.75) is 6.92 Å². The average Bonchev–Trinajstić information content (AvgIpc) is 2.52. The summed E-state index contributed by atoms with van der Waals surface area (Å²) in [4.78, 5) is 37.2. The maximum Gasteiger partial charge on any atom is 0.241 e. The summed E-state index contributed by atoms with van der Waals surface area (Å²) >= 11 is 0. The van der Waals surface area contributed by atoms with Gasteiger partial charge >= 0.3 is 0 Å². The Morgan fingerprint density at radius 3 is 2.50 bits per heavy atom. The minimum Gasteiger partial charge on any atom is -0.376 e. The van der Waals surface area contributed by atoms with E-state index < -0.39 is 0 Å². The molecule has 1 aliphatic heterocycles. The highest BCUT2D eigenvalue weighted by molar-refractivity contribution is 5.89. The van der Waals surface area contributed by atoms with Gasteiger partial charge in [-0.05, 0) is 18.2 Å². The second kappa shape index (κ2) is 7.44. The normalized spacial score (nSPS) is 14.4. The highest BCUT2D eigenvalue weighted by atomic mass is 16.2. The van der Waals surface area contributed by atoms with Crippen molar-refractivity contribution in [2.75, 3.05) is 43.4 Å². The largest absolute Gasteiger partial charge is 0.376 e. The van der Waals surface area contributed by atoms with Crippen LogP contribution in [-0.2, 0) is 14.4 Å². The SMILES string of the molecule is CC(=O)Nc1cccc(NCC(=O)N2CCN(C=O)CC2)c1. The number of piperazine rings is 1. The molecule has 0 radical (unpaired) electrons. The lowest BCUT2D eigenvalue weighted by atomic mass is 10.2. The van der Waals surface area contributed by atoms with E-state index in [9.17, 15) is 14.4 Å². The Labute approximate surface area is 129 Å². The number of carbonyl (C=O) groups excluding carboxylic acids is 3. The second-order valence-electron chi connectivity index (χ2n) is 5.14. The Bertz CT molecular complexity index is 553. The van der Waals surface area contributed by atoms with Crippen molar-refractivity contribution in [1.82, 2.24) is 9.80 Å². The first kappa shape index (κ1) is 15.8. The Hall–Kier alpha value is -2.57. The lowest BCUT2D eigenvalue weighted by molar-refractivity contribution is -0.133. The van der Waals surface area contributed by atoms with E-state index in [2.05, 4.69) is 10.6 Å². The monoisotopic (exact) mass is 304 g/mol. The van der Waals surface area contributed by atoms with Gasteiger partial charge in [0.05, 0.1) is 6.54 Å². The highest BCUT2D eigenvalue weighted by Crippen LogP contribution is 2.15. The third kappa shape index (κ3) is 4.47. The highest BCUT2D eigenvalue weighted by Gasteiger charge is 2.19. The first-order chi connectivity index (χ1) is 10.6. The molecule has 0 unspecified atom stereocenters. The van der Waals surface area contributed by atoms with Gasteiger partial charge in [-0.1, -0.05) is 6.07 Å². The Morgan fingerprint density at radius 2 is 1.86 bits per heavy atom. The number of rotatable bonds is 5. The third-order valence-corrected chi connectivity index (χ3v) is 3.44. The third-order valence-electron chi connectivity index (χ3n) is 3.44. The summed E-state index contributed by atoms with van der Waals surface area (Å²) < 4.78 is 0. The molecule has 2 rings (SSSR count). The quantitative estimate of drug-likeness (QED) is 0.770. The van der Waals surface area contributed by atoms with Crippen LogP contribution in [0.4, 0.5) is 11.4 Å². The van der Waals surface area contributed by atoms with Gasteiger partial charge in [0.25, 0.3) is 0 Å². The average molecular weight is 304 g/mol. The molecule has 3 amide bonds. The number of anilines is 2. The van der Waals surface area contributed by atoms with Gasteiger partial charge in [0.15, 0.2) is 0 Å². The molecular weight excluding hydrogens is 284 g/mol. The number of carbonyl (C=O) groups is 3. The molecule has 1 aliphatic rings. The van der Waals surface area contributed by atoms with Crippen molar-refractivity contribution in [2.24, 2.45) is 0 Å². The molecule has 1 fully saturated rings. The zero-order chi connectivity index (χ0) is 15.9. The van der Waals surface area contributed by atoms with Crippen molar-refractivity contribution in [1.29, 1.82) is 0 Å². The van der Waals surface area contributed by atoms with Gasteiger partial charge < -0.3 is 20.4 Å². The fourth-order valence-corrected chi connectivity index (χ4v) is 2.28. The molecule has 0 spiro atoms. The predicted octanol–water partition coefficient (Wildman–Crippen LogP) is 0.357. The standard InChI is InChI=1S/C15H20N4O3/c1-12(21)17-14-4-2-3-13(9-14)16-10-15(22)19-7-5-18(11-20)6-8-19/h2-4,9,11,16H,5-8,10H2,1H3,(H,17,21). The molecule has 0 aliphatic carbocycles. The minimum atomic E-state index is -0.138. The van der Waals surface area contributed by atoms with E-state index in [1.807, 2.05) is 6.07 Å². The van der Waals surface area contributed by atoms with Gasteiger partial charge in [0.2, 0.25) is 18.2 Å². The van der Waals surface area contributed by atoms with Gasteiger partial charge in [-0.3, -0.25) is 14.4 Å². The van der Waals surface area contributed by atoms with Crippen LogP contribution in [0.3, 0.4) is 0 Å².